The third kappa shape index (κ3) is 6.19. The zero-order valence-electron chi connectivity index (χ0n) is 9.40. The van der Waals surface area contributed by atoms with Crippen molar-refractivity contribution in [1.29, 1.82) is 0 Å². The highest BCUT2D eigenvalue weighted by atomic mass is 16.5. The van der Waals surface area contributed by atoms with E-state index >= 15 is 0 Å². The highest BCUT2D eigenvalue weighted by molar-refractivity contribution is 5.88. The maximum Gasteiger partial charge on any atom is 0.335 e. The minimum absolute atomic E-state index is 0.199. The quantitative estimate of drug-likeness (QED) is 0.604. The normalized spacial score (nSPS) is 14.8. The first-order valence-corrected chi connectivity index (χ1v) is 4.97. The lowest BCUT2D eigenvalue weighted by atomic mass is 10.1. The molecule has 0 saturated heterocycles. The van der Waals surface area contributed by atoms with Gasteiger partial charge in [0.2, 0.25) is 0 Å². The van der Waals surface area contributed by atoms with Gasteiger partial charge < -0.3 is 15.6 Å². The Kier molecular flexibility index (Phi) is 6.12. The van der Waals surface area contributed by atoms with Crippen molar-refractivity contribution in [2.24, 2.45) is 11.7 Å². The number of aliphatic hydroxyl groups excluding tert-OH is 1. The molecule has 0 aromatic carbocycles. The number of esters is 1. The van der Waals surface area contributed by atoms with Gasteiger partial charge >= 0.3 is 5.97 Å². The topological polar surface area (TPSA) is 89.6 Å². The van der Waals surface area contributed by atoms with E-state index in [4.69, 9.17) is 10.5 Å². The van der Waals surface area contributed by atoms with Gasteiger partial charge in [0.1, 0.15) is 0 Å². The lowest BCUT2D eigenvalue weighted by molar-refractivity contribution is -0.156. The molecule has 0 aromatic rings. The summed E-state index contributed by atoms with van der Waals surface area (Å²) in [6, 6.07) is -0.669. The molecule has 0 heterocycles. The largest absolute Gasteiger partial charge is 0.463 e. The number of nitrogens with two attached hydrogens (primary N) is 1. The Balaban J connectivity index is 3.94. The summed E-state index contributed by atoms with van der Waals surface area (Å²) in [7, 11) is 0. The van der Waals surface area contributed by atoms with E-state index < -0.39 is 18.1 Å². The first-order valence-electron chi connectivity index (χ1n) is 4.97. The number of hydrogen-bond donors (Lipinski definition) is 2. The highest BCUT2D eigenvalue weighted by Gasteiger charge is 2.22. The summed E-state index contributed by atoms with van der Waals surface area (Å²) < 4.78 is 4.76. The summed E-state index contributed by atoms with van der Waals surface area (Å²) in [6.07, 6.45) is -1.68. The SMILES string of the molecule is CC(C)COC(=O)C(O)CC(=O)[C@@H](C)N. The molecular weight excluding hydrogens is 198 g/mol. The second-order valence-corrected chi connectivity index (χ2v) is 4.00. The second kappa shape index (κ2) is 6.53. The maximum absolute atomic E-state index is 11.1. The van der Waals surface area contributed by atoms with Crippen LogP contribution in [0.1, 0.15) is 27.2 Å². The van der Waals surface area contributed by atoms with Crippen LogP contribution in [-0.2, 0) is 14.3 Å². The van der Waals surface area contributed by atoms with Gasteiger partial charge in [0, 0.05) is 6.42 Å². The number of rotatable bonds is 6. The van der Waals surface area contributed by atoms with E-state index in [1.54, 1.807) is 0 Å². The van der Waals surface area contributed by atoms with Crippen LogP contribution in [-0.4, -0.2) is 35.6 Å². The van der Waals surface area contributed by atoms with Crippen molar-refractivity contribution in [3.05, 3.63) is 0 Å². The van der Waals surface area contributed by atoms with Gasteiger partial charge in [-0.25, -0.2) is 4.79 Å². The van der Waals surface area contributed by atoms with Gasteiger partial charge in [0.25, 0.3) is 0 Å². The fraction of sp³-hybridized carbons (Fsp3) is 0.800. The standard InChI is InChI=1S/C10H19NO4/c1-6(2)5-15-10(14)9(13)4-8(12)7(3)11/h6-7,9,13H,4-5,11H2,1-3H3/t7-,9?/m1/s1. The molecule has 0 aromatic heterocycles. The predicted octanol–water partition coefficient (Wildman–Crippen LogP) is -0.147. The molecular formula is C10H19NO4. The van der Waals surface area contributed by atoms with E-state index in [2.05, 4.69) is 0 Å². The summed E-state index contributed by atoms with van der Waals surface area (Å²) in [5, 5.41) is 9.30. The first kappa shape index (κ1) is 14.1. The van der Waals surface area contributed by atoms with Gasteiger partial charge in [-0.05, 0) is 12.8 Å². The minimum Gasteiger partial charge on any atom is -0.463 e. The summed E-state index contributed by atoms with van der Waals surface area (Å²) >= 11 is 0. The average molecular weight is 217 g/mol. The van der Waals surface area contributed by atoms with Gasteiger partial charge in [-0.15, -0.1) is 0 Å². The lowest BCUT2D eigenvalue weighted by Crippen LogP contribution is -2.34. The van der Waals surface area contributed by atoms with E-state index in [9.17, 15) is 14.7 Å². The van der Waals surface area contributed by atoms with Crippen LogP contribution >= 0.6 is 0 Å². The van der Waals surface area contributed by atoms with Crippen LogP contribution in [0, 0.1) is 5.92 Å². The number of carbonyl (C=O) groups excluding carboxylic acids is 2. The highest BCUT2D eigenvalue weighted by Crippen LogP contribution is 2.01. The van der Waals surface area contributed by atoms with E-state index in [0.29, 0.717) is 0 Å². The Bertz CT molecular complexity index is 225. The van der Waals surface area contributed by atoms with Crippen LogP contribution < -0.4 is 5.73 Å². The molecule has 0 aliphatic rings. The van der Waals surface area contributed by atoms with Crippen molar-refractivity contribution < 1.29 is 19.4 Å². The molecule has 0 spiro atoms. The molecule has 88 valence electrons. The van der Waals surface area contributed by atoms with Crippen LogP contribution in [0.2, 0.25) is 0 Å². The van der Waals surface area contributed by atoms with E-state index in [-0.39, 0.29) is 24.7 Å². The molecule has 5 nitrogen and oxygen atoms in total. The van der Waals surface area contributed by atoms with Gasteiger partial charge in [-0.3, -0.25) is 4.79 Å². The first-order chi connectivity index (χ1) is 6.84. The fourth-order valence-electron chi connectivity index (χ4n) is 0.805. The molecule has 0 bridgehead atoms. The Labute approximate surface area is 89.6 Å². The van der Waals surface area contributed by atoms with Crippen LogP contribution in [0.5, 0.6) is 0 Å². The summed E-state index contributed by atoms with van der Waals surface area (Å²) in [6.45, 7) is 5.51. The molecule has 1 unspecified atom stereocenters. The number of Topliss-reactive ketones (excluding diaryl/α,β-unsaturated/α-hetero) is 1. The van der Waals surface area contributed by atoms with Gasteiger partial charge in [-0.2, -0.15) is 0 Å². The molecule has 15 heavy (non-hydrogen) atoms. The number of aliphatic hydroxyl groups is 1. The monoisotopic (exact) mass is 217 g/mol. The summed E-state index contributed by atoms with van der Waals surface area (Å²) in [4.78, 5) is 22.2. The zero-order chi connectivity index (χ0) is 12.0. The predicted molar refractivity (Wildman–Crippen MR) is 55.1 cm³/mol. The third-order valence-electron chi connectivity index (χ3n) is 1.73. The summed E-state index contributed by atoms with van der Waals surface area (Å²) in [5.41, 5.74) is 5.29. The van der Waals surface area contributed by atoms with E-state index in [1.165, 1.54) is 6.92 Å². The van der Waals surface area contributed by atoms with Crippen molar-refractivity contribution in [3.63, 3.8) is 0 Å². The smallest absolute Gasteiger partial charge is 0.335 e. The average Bonchev–Trinajstić information content (AvgIpc) is 2.13. The van der Waals surface area contributed by atoms with Gasteiger partial charge in [-0.1, -0.05) is 13.8 Å². The molecule has 3 N–H and O–H groups in total. The Morgan fingerprint density at radius 1 is 1.33 bits per heavy atom. The molecule has 0 fully saturated rings. The molecule has 0 radical (unpaired) electrons. The van der Waals surface area contributed by atoms with Crippen LogP contribution in [0.25, 0.3) is 0 Å². The molecule has 0 saturated carbocycles. The van der Waals surface area contributed by atoms with Crippen molar-refractivity contribution >= 4 is 11.8 Å². The molecule has 0 rings (SSSR count). The van der Waals surface area contributed by atoms with Crippen LogP contribution in [0.3, 0.4) is 0 Å². The third-order valence-corrected chi connectivity index (χ3v) is 1.73. The van der Waals surface area contributed by atoms with Crippen LogP contribution in [0.4, 0.5) is 0 Å². The van der Waals surface area contributed by atoms with E-state index in [1.807, 2.05) is 13.8 Å². The zero-order valence-corrected chi connectivity index (χ0v) is 9.40. The second-order valence-electron chi connectivity index (χ2n) is 4.00. The molecule has 5 heteroatoms. The minimum atomic E-state index is -1.40. The van der Waals surface area contributed by atoms with Crippen molar-refractivity contribution in [2.45, 2.75) is 39.3 Å². The molecule has 0 amide bonds. The maximum atomic E-state index is 11.1. The molecule has 2 atom stereocenters. The molecule has 0 aliphatic carbocycles. The Morgan fingerprint density at radius 2 is 1.87 bits per heavy atom. The number of hydrogen-bond acceptors (Lipinski definition) is 5. The Hall–Kier alpha value is -0.940. The van der Waals surface area contributed by atoms with Crippen molar-refractivity contribution in [3.8, 4) is 0 Å². The lowest BCUT2D eigenvalue weighted by Gasteiger charge is -2.12. The fourth-order valence-corrected chi connectivity index (χ4v) is 0.805. The number of ketones is 1. The van der Waals surface area contributed by atoms with Crippen LogP contribution in [0.15, 0.2) is 0 Å². The molecule has 0 aliphatic heterocycles. The summed E-state index contributed by atoms with van der Waals surface area (Å²) in [5.74, 6) is -0.924. The van der Waals surface area contributed by atoms with Gasteiger partial charge in [0.15, 0.2) is 11.9 Å². The Morgan fingerprint density at radius 3 is 2.27 bits per heavy atom. The number of ether oxygens (including phenoxy) is 1. The van der Waals surface area contributed by atoms with E-state index in [0.717, 1.165) is 0 Å². The van der Waals surface area contributed by atoms with Gasteiger partial charge in [0.05, 0.1) is 12.6 Å². The van der Waals surface area contributed by atoms with Crippen molar-refractivity contribution in [1.82, 2.24) is 0 Å². The number of carbonyl (C=O) groups is 2. The van der Waals surface area contributed by atoms with Crippen molar-refractivity contribution in [2.75, 3.05) is 6.61 Å².